The van der Waals surface area contributed by atoms with Crippen LogP contribution in [0.2, 0.25) is 0 Å². The van der Waals surface area contributed by atoms with Gasteiger partial charge < -0.3 is 9.72 Å². The van der Waals surface area contributed by atoms with E-state index in [4.69, 9.17) is 0 Å². The first-order valence-corrected chi connectivity index (χ1v) is 3.45. The molecule has 2 aromatic rings. The maximum atomic E-state index is 9.97. The number of imidazole rings is 1. The highest BCUT2D eigenvalue weighted by atomic mass is 16.5. The number of nitrogens with one attached hydrogen (secondary N) is 1. The topological polar surface area (TPSA) is 55.0 Å². The molecule has 12 heavy (non-hydrogen) atoms. The van der Waals surface area contributed by atoms with Gasteiger partial charge in [-0.3, -0.25) is 4.79 Å². The lowest BCUT2D eigenvalue weighted by molar-refractivity contribution is -0.121. The Kier molecular flexibility index (Phi) is 1.51. The molecule has 0 atom stereocenters. The van der Waals surface area contributed by atoms with Gasteiger partial charge in [-0.05, 0) is 12.1 Å². The summed E-state index contributed by atoms with van der Waals surface area (Å²) < 4.78 is 4.54. The quantitative estimate of drug-likeness (QED) is 0.672. The van der Waals surface area contributed by atoms with Crippen molar-refractivity contribution in [3.63, 3.8) is 0 Å². The molecular weight excluding hydrogens is 156 g/mol. The number of H-pyrrole nitrogens is 1. The first-order valence-electron chi connectivity index (χ1n) is 3.45. The molecule has 0 amide bonds. The molecule has 2 rings (SSSR count). The van der Waals surface area contributed by atoms with Crippen LogP contribution in [0.4, 0.5) is 0 Å². The normalized spacial score (nSPS) is 10.0. The van der Waals surface area contributed by atoms with Crippen molar-refractivity contribution >= 4 is 17.5 Å². The van der Waals surface area contributed by atoms with E-state index in [0.717, 1.165) is 11.0 Å². The van der Waals surface area contributed by atoms with Crippen LogP contribution >= 0.6 is 0 Å². The molecule has 0 aliphatic carbocycles. The van der Waals surface area contributed by atoms with Crippen molar-refractivity contribution < 1.29 is 9.53 Å². The van der Waals surface area contributed by atoms with Gasteiger partial charge in [0.15, 0.2) is 0 Å². The SMILES string of the molecule is O=COc1nc2ccccc2[nH]1. The number of carbonyl (C=O) groups excluding carboxylic acids is 1. The van der Waals surface area contributed by atoms with E-state index in [1.807, 2.05) is 24.3 Å². The van der Waals surface area contributed by atoms with E-state index < -0.39 is 0 Å². The van der Waals surface area contributed by atoms with Crippen molar-refractivity contribution in [2.75, 3.05) is 0 Å². The van der Waals surface area contributed by atoms with Gasteiger partial charge in [-0.1, -0.05) is 12.1 Å². The average molecular weight is 162 g/mol. The monoisotopic (exact) mass is 162 g/mol. The van der Waals surface area contributed by atoms with Gasteiger partial charge in [0.1, 0.15) is 0 Å². The Balaban J connectivity index is 2.54. The number of aromatic amines is 1. The molecule has 60 valence electrons. The first kappa shape index (κ1) is 6.84. The maximum Gasteiger partial charge on any atom is 0.302 e. The summed E-state index contributed by atoms with van der Waals surface area (Å²) in [7, 11) is 0. The van der Waals surface area contributed by atoms with Crippen LogP contribution in [-0.4, -0.2) is 16.4 Å². The summed E-state index contributed by atoms with van der Waals surface area (Å²) in [6, 6.07) is 7.67. The van der Waals surface area contributed by atoms with E-state index in [1.54, 1.807) is 0 Å². The van der Waals surface area contributed by atoms with E-state index in [-0.39, 0.29) is 6.01 Å². The minimum atomic E-state index is 0.228. The standard InChI is InChI=1S/C8H6N2O2/c11-5-12-8-9-6-3-1-2-4-7(6)10-8/h1-5H,(H,9,10). The summed E-state index contributed by atoms with van der Waals surface area (Å²) >= 11 is 0. The second kappa shape index (κ2) is 2.65. The summed E-state index contributed by atoms with van der Waals surface area (Å²) in [5.41, 5.74) is 1.64. The summed E-state index contributed by atoms with van der Waals surface area (Å²) in [6.45, 7) is 0.345. The highest BCUT2D eigenvalue weighted by molar-refractivity contribution is 5.75. The number of ether oxygens (including phenoxy) is 1. The Bertz CT molecular complexity index is 375. The van der Waals surface area contributed by atoms with Crippen LogP contribution in [0.25, 0.3) is 11.0 Å². The van der Waals surface area contributed by atoms with Gasteiger partial charge in [0.2, 0.25) is 0 Å². The van der Waals surface area contributed by atoms with Crippen molar-refractivity contribution in [3.05, 3.63) is 24.3 Å². The third-order valence-corrected chi connectivity index (χ3v) is 1.53. The molecule has 0 saturated heterocycles. The maximum absolute atomic E-state index is 9.97. The zero-order valence-electron chi connectivity index (χ0n) is 6.15. The Labute approximate surface area is 68.2 Å². The van der Waals surface area contributed by atoms with Gasteiger partial charge in [-0.2, -0.15) is 4.98 Å². The lowest BCUT2D eigenvalue weighted by Crippen LogP contribution is -1.89. The molecule has 0 spiro atoms. The molecule has 0 aliphatic heterocycles. The highest BCUT2D eigenvalue weighted by Gasteiger charge is 2.00. The van der Waals surface area contributed by atoms with Gasteiger partial charge in [0.25, 0.3) is 0 Å². The predicted molar refractivity (Wildman–Crippen MR) is 42.8 cm³/mol. The van der Waals surface area contributed by atoms with Crippen molar-refractivity contribution in [1.29, 1.82) is 0 Å². The molecule has 0 saturated carbocycles. The highest BCUT2D eigenvalue weighted by Crippen LogP contribution is 2.13. The van der Waals surface area contributed by atoms with Gasteiger partial charge in [0.05, 0.1) is 11.0 Å². The van der Waals surface area contributed by atoms with E-state index in [1.165, 1.54) is 0 Å². The molecule has 0 fully saturated rings. The van der Waals surface area contributed by atoms with Crippen LogP contribution in [0, 0.1) is 0 Å². The van der Waals surface area contributed by atoms with Crippen LogP contribution in [0.15, 0.2) is 24.3 Å². The van der Waals surface area contributed by atoms with Gasteiger partial charge in [0, 0.05) is 0 Å². The number of rotatable bonds is 2. The number of fused-ring (bicyclic) bond motifs is 1. The third-order valence-electron chi connectivity index (χ3n) is 1.53. The predicted octanol–water partition coefficient (Wildman–Crippen LogP) is 1.10. The molecule has 0 unspecified atom stereocenters. The lowest BCUT2D eigenvalue weighted by atomic mass is 10.3. The van der Waals surface area contributed by atoms with Crippen molar-refractivity contribution in [2.24, 2.45) is 0 Å². The average Bonchev–Trinajstić information content (AvgIpc) is 2.47. The fourth-order valence-corrected chi connectivity index (χ4v) is 1.03. The zero-order chi connectivity index (χ0) is 8.39. The number of nitrogens with zero attached hydrogens (tertiary/aromatic N) is 1. The summed E-state index contributed by atoms with van der Waals surface area (Å²) in [6.07, 6.45) is 0. The van der Waals surface area contributed by atoms with E-state index in [0.29, 0.717) is 6.47 Å². The second-order valence-corrected chi connectivity index (χ2v) is 2.27. The number of benzene rings is 1. The van der Waals surface area contributed by atoms with Crippen LogP contribution in [0.1, 0.15) is 0 Å². The summed E-state index contributed by atoms with van der Waals surface area (Å²) in [5.74, 6) is 0. The van der Waals surface area contributed by atoms with Gasteiger partial charge in [-0.15, -0.1) is 0 Å². The molecule has 4 nitrogen and oxygen atoms in total. The van der Waals surface area contributed by atoms with Gasteiger partial charge in [-0.25, -0.2) is 0 Å². The molecule has 0 aliphatic rings. The number of aromatic nitrogens is 2. The molecule has 1 heterocycles. The molecular formula is C8H6N2O2. The Morgan fingerprint density at radius 3 is 3.00 bits per heavy atom. The van der Waals surface area contributed by atoms with Crippen LogP contribution in [0.5, 0.6) is 6.01 Å². The zero-order valence-corrected chi connectivity index (χ0v) is 6.15. The van der Waals surface area contributed by atoms with Crippen LogP contribution < -0.4 is 4.74 Å². The largest absolute Gasteiger partial charge is 0.395 e. The summed E-state index contributed by atoms with van der Waals surface area (Å²) in [4.78, 5) is 16.8. The van der Waals surface area contributed by atoms with E-state index in [9.17, 15) is 4.79 Å². The minimum Gasteiger partial charge on any atom is -0.395 e. The van der Waals surface area contributed by atoms with Crippen LogP contribution in [-0.2, 0) is 4.79 Å². The Hall–Kier alpha value is -1.84. The van der Waals surface area contributed by atoms with Crippen molar-refractivity contribution in [2.45, 2.75) is 0 Å². The molecule has 0 bridgehead atoms. The first-order chi connectivity index (χ1) is 5.90. The Morgan fingerprint density at radius 1 is 1.42 bits per heavy atom. The Morgan fingerprint density at radius 2 is 2.25 bits per heavy atom. The molecule has 1 N–H and O–H groups in total. The molecule has 1 aromatic heterocycles. The fourth-order valence-electron chi connectivity index (χ4n) is 1.03. The van der Waals surface area contributed by atoms with E-state index in [2.05, 4.69) is 14.7 Å². The smallest absolute Gasteiger partial charge is 0.302 e. The number of hydrogen-bond donors (Lipinski definition) is 1. The second-order valence-electron chi connectivity index (χ2n) is 2.27. The van der Waals surface area contributed by atoms with Crippen molar-refractivity contribution in [3.8, 4) is 6.01 Å². The van der Waals surface area contributed by atoms with E-state index >= 15 is 0 Å². The van der Waals surface area contributed by atoms with Crippen molar-refractivity contribution in [1.82, 2.24) is 9.97 Å². The minimum absolute atomic E-state index is 0.228. The molecule has 1 aromatic carbocycles. The number of para-hydroxylation sites is 2. The molecule has 4 heteroatoms. The number of hydrogen-bond acceptors (Lipinski definition) is 3. The third kappa shape index (κ3) is 1.03. The fraction of sp³-hybridized carbons (Fsp3) is 0. The van der Waals surface area contributed by atoms with Gasteiger partial charge >= 0.3 is 12.5 Å². The summed E-state index contributed by atoms with van der Waals surface area (Å²) in [5, 5.41) is 0. The van der Waals surface area contributed by atoms with Crippen LogP contribution in [0.3, 0.4) is 0 Å². The number of carbonyl (C=O) groups is 1. The molecule has 0 radical (unpaired) electrons. The lowest BCUT2D eigenvalue weighted by Gasteiger charge is -1.84.